The highest BCUT2D eigenvalue weighted by atomic mass is 19.1. The number of hydrogen-bond donors (Lipinski definition) is 1. The van der Waals surface area contributed by atoms with Gasteiger partial charge in [0.15, 0.2) is 0 Å². The van der Waals surface area contributed by atoms with Gasteiger partial charge in [-0.2, -0.15) is 0 Å². The van der Waals surface area contributed by atoms with Gasteiger partial charge in [-0.15, -0.1) is 0 Å². The highest BCUT2D eigenvalue weighted by Gasteiger charge is 2.51. The Hall–Kier alpha value is -1.91. The third kappa shape index (κ3) is 2.41. The lowest BCUT2D eigenvalue weighted by molar-refractivity contribution is -0.314. The number of carboxylic acid groups (broad SMARTS) is 1. The molecular weight excluding hydrogens is 273 g/mol. The van der Waals surface area contributed by atoms with Crippen LogP contribution in [0.2, 0.25) is 0 Å². The number of carboxylic acids is 1. The Labute approximate surface area is 122 Å². The molecule has 0 heterocycles. The summed E-state index contributed by atoms with van der Waals surface area (Å²) in [7, 11) is 0. The fraction of sp³-hybridized carbons (Fsp3) is 0.500. The summed E-state index contributed by atoms with van der Waals surface area (Å²) in [4.78, 5) is 23.8. The number of rotatable bonds is 3. The summed E-state index contributed by atoms with van der Waals surface area (Å²) in [6, 6.07) is 4.12. The van der Waals surface area contributed by atoms with Gasteiger partial charge in [-0.05, 0) is 61.8 Å². The second-order valence-electron chi connectivity index (χ2n) is 6.15. The van der Waals surface area contributed by atoms with Gasteiger partial charge >= 0.3 is 0 Å². The molecular formula is C16H17FNO3-. The Morgan fingerprint density at radius 2 is 1.90 bits per heavy atom. The highest BCUT2D eigenvalue weighted by Crippen LogP contribution is 2.52. The number of carbonyl (C=O) groups excluding carboxylic acids is 2. The monoisotopic (exact) mass is 290 g/mol. The second-order valence-corrected chi connectivity index (χ2v) is 6.15. The third-order valence-corrected chi connectivity index (χ3v) is 4.94. The molecule has 1 amide bonds. The fourth-order valence-corrected chi connectivity index (χ4v) is 3.99. The lowest BCUT2D eigenvalue weighted by Crippen LogP contribution is -2.44. The van der Waals surface area contributed by atoms with Gasteiger partial charge in [0.25, 0.3) is 0 Å². The minimum atomic E-state index is -1.13. The van der Waals surface area contributed by atoms with Crippen molar-refractivity contribution in [3.8, 4) is 0 Å². The summed E-state index contributed by atoms with van der Waals surface area (Å²) >= 11 is 0. The van der Waals surface area contributed by atoms with E-state index in [9.17, 15) is 19.1 Å². The van der Waals surface area contributed by atoms with Crippen LogP contribution in [0.1, 0.15) is 24.8 Å². The molecule has 2 fully saturated rings. The van der Waals surface area contributed by atoms with Gasteiger partial charge in [-0.3, -0.25) is 4.79 Å². The molecule has 2 bridgehead atoms. The number of carbonyl (C=O) groups is 2. The number of anilines is 1. The van der Waals surface area contributed by atoms with Gasteiger partial charge in [0.05, 0.1) is 0 Å². The standard InChI is InChI=1S/C16H18FNO3/c1-8-6-11(17)4-5-12(8)18-15(19)13-9-2-3-10(7-9)14(13)16(20)21/h4-6,9-10,13-14H,2-3,7H2,1H3,(H,18,19)(H,20,21)/p-1/t9-,10+,13+,14+/m1/s1. The number of fused-ring (bicyclic) bond motifs is 2. The quantitative estimate of drug-likeness (QED) is 0.917. The van der Waals surface area contributed by atoms with Crippen molar-refractivity contribution in [3.05, 3.63) is 29.6 Å². The van der Waals surface area contributed by atoms with Crippen molar-refractivity contribution in [3.63, 3.8) is 0 Å². The zero-order valence-corrected chi connectivity index (χ0v) is 11.8. The van der Waals surface area contributed by atoms with E-state index in [0.717, 1.165) is 19.3 Å². The third-order valence-electron chi connectivity index (χ3n) is 4.94. The summed E-state index contributed by atoms with van der Waals surface area (Å²) in [6.45, 7) is 1.70. The van der Waals surface area contributed by atoms with Crippen LogP contribution in [-0.4, -0.2) is 11.9 Å². The summed E-state index contributed by atoms with van der Waals surface area (Å²) in [6.07, 6.45) is 2.55. The Kier molecular flexibility index (Phi) is 3.43. The molecule has 4 atom stereocenters. The fourth-order valence-electron chi connectivity index (χ4n) is 3.99. The predicted molar refractivity (Wildman–Crippen MR) is 72.6 cm³/mol. The molecule has 3 rings (SSSR count). The van der Waals surface area contributed by atoms with E-state index in [1.165, 1.54) is 18.2 Å². The van der Waals surface area contributed by atoms with Crippen molar-refractivity contribution >= 4 is 17.6 Å². The lowest BCUT2D eigenvalue weighted by Gasteiger charge is -2.30. The van der Waals surface area contributed by atoms with Gasteiger partial charge in [-0.1, -0.05) is 0 Å². The van der Waals surface area contributed by atoms with Crippen LogP contribution >= 0.6 is 0 Å². The van der Waals surface area contributed by atoms with Crippen LogP contribution in [0.5, 0.6) is 0 Å². The first kappa shape index (κ1) is 14.0. The molecule has 2 saturated carbocycles. The van der Waals surface area contributed by atoms with E-state index in [4.69, 9.17) is 0 Å². The zero-order chi connectivity index (χ0) is 15.1. The largest absolute Gasteiger partial charge is 0.550 e. The second kappa shape index (κ2) is 5.13. The molecule has 112 valence electrons. The number of nitrogens with one attached hydrogen (secondary N) is 1. The number of hydrogen-bond acceptors (Lipinski definition) is 3. The average molecular weight is 290 g/mol. The van der Waals surface area contributed by atoms with Crippen molar-refractivity contribution < 1.29 is 19.1 Å². The molecule has 0 radical (unpaired) electrons. The van der Waals surface area contributed by atoms with E-state index >= 15 is 0 Å². The predicted octanol–water partition coefficient (Wildman–Crippen LogP) is 1.48. The van der Waals surface area contributed by atoms with Gasteiger partial charge in [-0.25, -0.2) is 4.39 Å². The zero-order valence-electron chi connectivity index (χ0n) is 11.8. The number of aryl methyl sites for hydroxylation is 1. The molecule has 1 aromatic carbocycles. The number of amides is 1. The molecule has 0 aromatic heterocycles. The summed E-state index contributed by atoms with van der Waals surface area (Å²) in [5, 5.41) is 14.1. The van der Waals surface area contributed by atoms with Crippen LogP contribution in [-0.2, 0) is 9.59 Å². The maximum atomic E-state index is 13.1. The van der Waals surface area contributed by atoms with Crippen molar-refractivity contribution in [1.29, 1.82) is 0 Å². The van der Waals surface area contributed by atoms with E-state index in [1.807, 2.05) is 0 Å². The SMILES string of the molecule is Cc1cc(F)ccc1NC(=O)[C@H]1[C@@H]2CC[C@@H](C2)[C@@H]1C(=O)[O-]. The average Bonchev–Trinajstić information content (AvgIpc) is 3.02. The van der Waals surface area contributed by atoms with Gasteiger partial charge in [0.1, 0.15) is 5.82 Å². The number of benzene rings is 1. The maximum absolute atomic E-state index is 13.1. The Morgan fingerprint density at radius 1 is 1.24 bits per heavy atom. The molecule has 4 nitrogen and oxygen atoms in total. The van der Waals surface area contributed by atoms with Crippen LogP contribution in [0.4, 0.5) is 10.1 Å². The van der Waals surface area contributed by atoms with Gasteiger partial charge in [0, 0.05) is 23.5 Å². The van der Waals surface area contributed by atoms with E-state index in [2.05, 4.69) is 5.32 Å². The number of halogens is 1. The van der Waals surface area contributed by atoms with Crippen LogP contribution in [0.15, 0.2) is 18.2 Å². The molecule has 5 heteroatoms. The molecule has 2 aliphatic rings. The van der Waals surface area contributed by atoms with Crippen LogP contribution < -0.4 is 10.4 Å². The summed E-state index contributed by atoms with van der Waals surface area (Å²) < 4.78 is 13.1. The Balaban J connectivity index is 1.80. The molecule has 1 aromatic rings. The molecule has 1 N–H and O–H groups in total. The maximum Gasteiger partial charge on any atom is 0.228 e. The van der Waals surface area contributed by atoms with E-state index in [0.29, 0.717) is 11.3 Å². The van der Waals surface area contributed by atoms with Crippen LogP contribution in [0.3, 0.4) is 0 Å². The van der Waals surface area contributed by atoms with E-state index < -0.39 is 17.8 Å². The molecule has 0 spiro atoms. The molecule has 2 aliphatic carbocycles. The first-order chi connectivity index (χ1) is 9.97. The summed E-state index contributed by atoms with van der Waals surface area (Å²) in [5.74, 6) is -2.81. The highest BCUT2D eigenvalue weighted by molar-refractivity contribution is 5.96. The van der Waals surface area contributed by atoms with Crippen LogP contribution in [0, 0.1) is 36.4 Å². The minimum Gasteiger partial charge on any atom is -0.550 e. The van der Waals surface area contributed by atoms with Crippen molar-refractivity contribution in [2.45, 2.75) is 26.2 Å². The molecule has 0 unspecified atom stereocenters. The normalized spacial score (nSPS) is 30.4. The van der Waals surface area contributed by atoms with Gasteiger partial charge < -0.3 is 15.2 Å². The number of aliphatic carboxylic acids is 1. The van der Waals surface area contributed by atoms with E-state index in [1.54, 1.807) is 6.92 Å². The Morgan fingerprint density at radius 3 is 2.52 bits per heavy atom. The van der Waals surface area contributed by atoms with Crippen LogP contribution in [0.25, 0.3) is 0 Å². The topological polar surface area (TPSA) is 69.2 Å². The molecule has 0 saturated heterocycles. The van der Waals surface area contributed by atoms with Crippen molar-refractivity contribution in [1.82, 2.24) is 0 Å². The minimum absolute atomic E-state index is 0.0602. The van der Waals surface area contributed by atoms with Crippen molar-refractivity contribution in [2.24, 2.45) is 23.7 Å². The van der Waals surface area contributed by atoms with Crippen molar-refractivity contribution in [2.75, 3.05) is 5.32 Å². The lowest BCUT2D eigenvalue weighted by atomic mass is 9.78. The molecule has 0 aliphatic heterocycles. The Bertz CT molecular complexity index is 601. The first-order valence-electron chi connectivity index (χ1n) is 7.25. The van der Waals surface area contributed by atoms with Gasteiger partial charge in [0.2, 0.25) is 5.91 Å². The summed E-state index contributed by atoms with van der Waals surface area (Å²) in [5.41, 5.74) is 1.15. The van der Waals surface area contributed by atoms with E-state index in [-0.39, 0.29) is 23.6 Å². The smallest absolute Gasteiger partial charge is 0.228 e. The first-order valence-corrected chi connectivity index (χ1v) is 7.25. The molecule has 21 heavy (non-hydrogen) atoms.